The van der Waals surface area contributed by atoms with Crippen LogP contribution in [0.5, 0.6) is 0 Å². The smallest absolute Gasteiger partial charge is 0.124 e. The van der Waals surface area contributed by atoms with E-state index < -0.39 is 0 Å². The number of halogens is 1. The van der Waals surface area contributed by atoms with Crippen LogP contribution in [0, 0.1) is 6.92 Å². The highest BCUT2D eigenvalue weighted by Gasteiger charge is 2.27. The van der Waals surface area contributed by atoms with Gasteiger partial charge in [-0.2, -0.15) is 0 Å². The second-order valence-electron chi connectivity index (χ2n) is 4.80. The van der Waals surface area contributed by atoms with Crippen LogP contribution in [0.2, 0.25) is 0 Å². The van der Waals surface area contributed by atoms with Gasteiger partial charge in [-0.1, -0.05) is 15.9 Å². The number of methoxy groups -OCH3 is 1. The van der Waals surface area contributed by atoms with E-state index in [2.05, 4.69) is 45.3 Å². The lowest BCUT2D eigenvalue weighted by Gasteiger charge is -2.06. The zero-order valence-electron chi connectivity index (χ0n) is 10.5. The van der Waals surface area contributed by atoms with E-state index >= 15 is 0 Å². The molecule has 4 nitrogen and oxygen atoms in total. The molecular weight excluding hydrogens is 294 g/mol. The summed E-state index contributed by atoms with van der Waals surface area (Å²) in [5.74, 6) is 1.01. The summed E-state index contributed by atoms with van der Waals surface area (Å²) >= 11 is 3.51. The van der Waals surface area contributed by atoms with E-state index in [1.165, 1.54) is 5.56 Å². The number of H-pyrrole nitrogens is 1. The van der Waals surface area contributed by atoms with Crippen LogP contribution in [0.4, 0.5) is 0 Å². The number of nitrogens with zero attached hydrogens (tertiary/aromatic N) is 1. The van der Waals surface area contributed by atoms with E-state index in [4.69, 9.17) is 9.72 Å². The molecule has 2 heterocycles. The molecular formula is C13H16BrN3O. The first-order valence-electron chi connectivity index (χ1n) is 6.09. The number of hydrogen-bond acceptors (Lipinski definition) is 3. The predicted molar refractivity (Wildman–Crippen MR) is 74.7 cm³/mol. The topological polar surface area (TPSA) is 49.9 Å². The number of nitrogens with one attached hydrogen (secondary N) is 2. The Morgan fingerprint density at radius 3 is 3.00 bits per heavy atom. The molecule has 2 aromatic rings. The van der Waals surface area contributed by atoms with Gasteiger partial charge in [-0.15, -0.1) is 0 Å². The Bertz CT molecular complexity index is 581. The molecule has 0 aliphatic carbocycles. The van der Waals surface area contributed by atoms with Crippen LogP contribution in [0.25, 0.3) is 11.0 Å². The van der Waals surface area contributed by atoms with Gasteiger partial charge in [0.1, 0.15) is 5.82 Å². The number of aromatic nitrogens is 2. The Morgan fingerprint density at radius 1 is 1.44 bits per heavy atom. The first-order valence-corrected chi connectivity index (χ1v) is 6.88. The van der Waals surface area contributed by atoms with Crippen LogP contribution in [0.1, 0.15) is 23.9 Å². The third-order valence-corrected chi connectivity index (χ3v) is 3.97. The average Bonchev–Trinajstić information content (AvgIpc) is 2.93. The van der Waals surface area contributed by atoms with E-state index in [0.717, 1.165) is 34.3 Å². The number of hydrogen-bond donors (Lipinski definition) is 2. The van der Waals surface area contributed by atoms with Crippen molar-refractivity contribution in [3.63, 3.8) is 0 Å². The van der Waals surface area contributed by atoms with Crippen molar-refractivity contribution in [2.45, 2.75) is 25.5 Å². The van der Waals surface area contributed by atoms with Crippen molar-refractivity contribution in [3.8, 4) is 0 Å². The maximum Gasteiger partial charge on any atom is 0.124 e. The first-order chi connectivity index (χ1) is 8.67. The Labute approximate surface area is 114 Å². The quantitative estimate of drug-likeness (QED) is 0.896. The molecule has 0 radical (unpaired) electrons. The molecule has 3 rings (SSSR count). The molecule has 18 heavy (non-hydrogen) atoms. The van der Waals surface area contributed by atoms with Gasteiger partial charge in [0.15, 0.2) is 0 Å². The van der Waals surface area contributed by atoms with Crippen molar-refractivity contribution in [2.75, 3.05) is 13.7 Å². The van der Waals surface area contributed by atoms with Gasteiger partial charge >= 0.3 is 0 Å². The van der Waals surface area contributed by atoms with Crippen LogP contribution in [-0.2, 0) is 4.74 Å². The van der Waals surface area contributed by atoms with E-state index in [9.17, 15) is 0 Å². The zero-order valence-corrected chi connectivity index (χ0v) is 12.0. The largest absolute Gasteiger partial charge is 0.380 e. The average molecular weight is 310 g/mol. The van der Waals surface area contributed by atoms with Gasteiger partial charge in [0.05, 0.1) is 23.2 Å². The van der Waals surface area contributed by atoms with Crippen molar-refractivity contribution >= 4 is 27.0 Å². The Hall–Kier alpha value is -0.910. The molecule has 96 valence electrons. The molecule has 2 N–H and O–H groups in total. The number of ether oxygens (including phenoxy) is 1. The highest BCUT2D eigenvalue weighted by Crippen LogP contribution is 2.27. The number of rotatable bonds is 2. The maximum absolute atomic E-state index is 5.37. The second-order valence-corrected chi connectivity index (χ2v) is 5.71. The molecule has 1 aromatic heterocycles. The summed E-state index contributed by atoms with van der Waals surface area (Å²) in [6, 6.07) is 4.43. The van der Waals surface area contributed by atoms with E-state index in [1.54, 1.807) is 7.11 Å². The van der Waals surface area contributed by atoms with Crippen molar-refractivity contribution in [1.29, 1.82) is 0 Å². The molecule has 0 saturated carbocycles. The number of benzene rings is 1. The number of aryl methyl sites for hydroxylation is 1. The SMILES string of the molecule is COC1CNC(c2nc3c(C)cc(Br)cc3[nH]2)C1. The number of aromatic amines is 1. The summed E-state index contributed by atoms with van der Waals surface area (Å²) in [6.07, 6.45) is 1.26. The lowest BCUT2D eigenvalue weighted by Crippen LogP contribution is -2.16. The summed E-state index contributed by atoms with van der Waals surface area (Å²) in [7, 11) is 1.76. The second kappa shape index (κ2) is 4.64. The molecule has 0 amide bonds. The lowest BCUT2D eigenvalue weighted by atomic mass is 10.2. The fraction of sp³-hybridized carbons (Fsp3) is 0.462. The van der Waals surface area contributed by atoms with Crippen LogP contribution in [0.15, 0.2) is 16.6 Å². The monoisotopic (exact) mass is 309 g/mol. The molecule has 5 heteroatoms. The third-order valence-electron chi connectivity index (χ3n) is 3.51. The summed E-state index contributed by atoms with van der Waals surface area (Å²) in [5.41, 5.74) is 3.32. The Morgan fingerprint density at radius 2 is 2.28 bits per heavy atom. The number of fused-ring (bicyclic) bond motifs is 1. The van der Waals surface area contributed by atoms with E-state index in [1.807, 2.05) is 0 Å². The first kappa shape index (κ1) is 12.1. The standard InChI is InChI=1S/C13H16BrN3O/c1-7-3-8(14)4-10-12(7)17-13(16-10)11-5-9(18-2)6-15-11/h3-4,9,11,15H,5-6H2,1-2H3,(H,16,17). The highest BCUT2D eigenvalue weighted by molar-refractivity contribution is 9.10. The predicted octanol–water partition coefficient (Wildman–Crippen LogP) is 2.68. The van der Waals surface area contributed by atoms with Gasteiger partial charge in [0.25, 0.3) is 0 Å². The minimum atomic E-state index is 0.264. The molecule has 1 saturated heterocycles. The minimum Gasteiger partial charge on any atom is -0.380 e. The van der Waals surface area contributed by atoms with Crippen molar-refractivity contribution in [2.24, 2.45) is 0 Å². The Balaban J connectivity index is 1.96. The molecule has 0 spiro atoms. The fourth-order valence-corrected chi connectivity index (χ4v) is 3.09. The van der Waals surface area contributed by atoms with Crippen LogP contribution < -0.4 is 5.32 Å². The number of imidazole rings is 1. The van der Waals surface area contributed by atoms with Crippen molar-refractivity contribution < 1.29 is 4.74 Å². The van der Waals surface area contributed by atoms with Gasteiger partial charge in [0.2, 0.25) is 0 Å². The van der Waals surface area contributed by atoms with Gasteiger partial charge in [-0.25, -0.2) is 4.98 Å². The zero-order chi connectivity index (χ0) is 12.7. The van der Waals surface area contributed by atoms with Crippen molar-refractivity contribution in [3.05, 3.63) is 28.0 Å². The van der Waals surface area contributed by atoms with E-state index in [0.29, 0.717) is 0 Å². The maximum atomic E-state index is 5.37. The van der Waals surface area contributed by atoms with Crippen LogP contribution >= 0.6 is 15.9 Å². The summed E-state index contributed by atoms with van der Waals surface area (Å²) in [6.45, 7) is 2.97. The van der Waals surface area contributed by atoms with E-state index in [-0.39, 0.29) is 12.1 Å². The third kappa shape index (κ3) is 2.06. The van der Waals surface area contributed by atoms with Crippen LogP contribution in [-0.4, -0.2) is 29.7 Å². The van der Waals surface area contributed by atoms with Crippen LogP contribution in [0.3, 0.4) is 0 Å². The van der Waals surface area contributed by atoms with Gasteiger partial charge in [-0.3, -0.25) is 0 Å². The van der Waals surface area contributed by atoms with Gasteiger partial charge in [-0.05, 0) is 31.0 Å². The molecule has 1 aliphatic heterocycles. The fourth-order valence-electron chi connectivity index (χ4n) is 2.52. The minimum absolute atomic E-state index is 0.264. The normalized spacial score (nSPS) is 23.9. The highest BCUT2D eigenvalue weighted by atomic mass is 79.9. The lowest BCUT2D eigenvalue weighted by molar-refractivity contribution is 0.117. The van der Waals surface area contributed by atoms with Gasteiger partial charge in [0, 0.05) is 18.1 Å². The molecule has 2 atom stereocenters. The molecule has 1 aliphatic rings. The molecule has 0 bridgehead atoms. The summed E-state index contributed by atoms with van der Waals surface area (Å²) in [4.78, 5) is 8.11. The summed E-state index contributed by atoms with van der Waals surface area (Å²) in [5, 5.41) is 3.44. The van der Waals surface area contributed by atoms with Crippen molar-refractivity contribution in [1.82, 2.24) is 15.3 Å². The Kier molecular flexibility index (Phi) is 3.13. The summed E-state index contributed by atoms with van der Waals surface area (Å²) < 4.78 is 6.45. The molecule has 1 fully saturated rings. The molecule has 2 unspecified atom stereocenters. The molecule has 1 aromatic carbocycles. The van der Waals surface area contributed by atoms with Gasteiger partial charge < -0.3 is 15.0 Å².